The SMILES string of the molecule is O=C(Nc1ccccc1N1CCCCC1)c1cc(I)ccc1Cl. The summed E-state index contributed by atoms with van der Waals surface area (Å²) in [4.78, 5) is 14.9. The van der Waals surface area contributed by atoms with Gasteiger partial charge in [0.1, 0.15) is 0 Å². The fourth-order valence-electron chi connectivity index (χ4n) is 2.85. The largest absolute Gasteiger partial charge is 0.370 e. The highest BCUT2D eigenvalue weighted by Crippen LogP contribution is 2.29. The van der Waals surface area contributed by atoms with Gasteiger partial charge in [0.15, 0.2) is 0 Å². The maximum absolute atomic E-state index is 12.6. The molecule has 0 radical (unpaired) electrons. The number of halogens is 2. The second-order valence-electron chi connectivity index (χ2n) is 5.64. The number of amides is 1. The Morgan fingerprint density at radius 1 is 1.09 bits per heavy atom. The van der Waals surface area contributed by atoms with Crippen molar-refractivity contribution in [1.82, 2.24) is 0 Å². The van der Waals surface area contributed by atoms with Crippen molar-refractivity contribution in [3.05, 3.63) is 56.6 Å². The number of anilines is 2. The van der Waals surface area contributed by atoms with Crippen LogP contribution in [0.3, 0.4) is 0 Å². The third-order valence-corrected chi connectivity index (χ3v) is 5.02. The second-order valence-corrected chi connectivity index (χ2v) is 7.30. The zero-order chi connectivity index (χ0) is 16.2. The van der Waals surface area contributed by atoms with E-state index in [2.05, 4.69) is 38.9 Å². The number of para-hydroxylation sites is 2. The fraction of sp³-hybridized carbons (Fsp3) is 0.278. The summed E-state index contributed by atoms with van der Waals surface area (Å²) in [6, 6.07) is 13.4. The topological polar surface area (TPSA) is 32.3 Å². The van der Waals surface area contributed by atoms with Crippen LogP contribution in [0.25, 0.3) is 0 Å². The molecule has 0 aromatic heterocycles. The molecule has 1 amide bonds. The van der Waals surface area contributed by atoms with Gasteiger partial charge >= 0.3 is 0 Å². The van der Waals surface area contributed by atoms with E-state index in [0.717, 1.165) is 28.0 Å². The Balaban J connectivity index is 1.85. The van der Waals surface area contributed by atoms with E-state index in [1.807, 2.05) is 30.3 Å². The number of nitrogens with zero attached hydrogens (tertiary/aromatic N) is 1. The van der Waals surface area contributed by atoms with Gasteiger partial charge in [-0.2, -0.15) is 0 Å². The highest BCUT2D eigenvalue weighted by Gasteiger charge is 2.17. The van der Waals surface area contributed by atoms with Crippen molar-refractivity contribution in [3.8, 4) is 0 Å². The normalized spacial score (nSPS) is 14.6. The summed E-state index contributed by atoms with van der Waals surface area (Å²) in [5.74, 6) is -0.169. The lowest BCUT2D eigenvalue weighted by Crippen LogP contribution is -2.30. The molecule has 1 saturated heterocycles. The molecule has 3 rings (SSSR count). The molecule has 0 saturated carbocycles. The van der Waals surface area contributed by atoms with Gasteiger partial charge in [-0.3, -0.25) is 4.79 Å². The van der Waals surface area contributed by atoms with E-state index in [9.17, 15) is 4.79 Å². The lowest BCUT2D eigenvalue weighted by atomic mass is 10.1. The van der Waals surface area contributed by atoms with Gasteiger partial charge in [0, 0.05) is 16.7 Å². The van der Waals surface area contributed by atoms with Crippen molar-refractivity contribution in [1.29, 1.82) is 0 Å². The first-order valence-corrected chi connectivity index (χ1v) is 9.21. The number of carbonyl (C=O) groups excluding carboxylic acids is 1. The van der Waals surface area contributed by atoms with Crippen molar-refractivity contribution in [3.63, 3.8) is 0 Å². The molecule has 0 atom stereocenters. The molecule has 1 heterocycles. The highest BCUT2D eigenvalue weighted by atomic mass is 127. The Labute approximate surface area is 155 Å². The summed E-state index contributed by atoms with van der Waals surface area (Å²) in [6.07, 6.45) is 3.68. The molecule has 0 aliphatic carbocycles. The van der Waals surface area contributed by atoms with Crippen LogP contribution in [0, 0.1) is 3.57 Å². The monoisotopic (exact) mass is 440 g/mol. The van der Waals surface area contributed by atoms with Crippen molar-refractivity contribution in [2.24, 2.45) is 0 Å². The van der Waals surface area contributed by atoms with E-state index in [1.54, 1.807) is 6.07 Å². The maximum atomic E-state index is 12.6. The Morgan fingerprint density at radius 2 is 1.83 bits per heavy atom. The first-order chi connectivity index (χ1) is 11.1. The van der Waals surface area contributed by atoms with E-state index in [0.29, 0.717) is 10.6 Å². The van der Waals surface area contributed by atoms with E-state index in [-0.39, 0.29) is 5.91 Å². The highest BCUT2D eigenvalue weighted by molar-refractivity contribution is 14.1. The number of hydrogen-bond donors (Lipinski definition) is 1. The van der Waals surface area contributed by atoms with Crippen LogP contribution in [0.1, 0.15) is 29.6 Å². The van der Waals surface area contributed by atoms with Crippen LogP contribution in [0.15, 0.2) is 42.5 Å². The molecule has 1 aliphatic heterocycles. The van der Waals surface area contributed by atoms with Gasteiger partial charge in [-0.1, -0.05) is 23.7 Å². The van der Waals surface area contributed by atoms with E-state index < -0.39 is 0 Å². The lowest BCUT2D eigenvalue weighted by molar-refractivity contribution is 0.102. The Hall–Kier alpha value is -1.27. The summed E-state index contributed by atoms with van der Waals surface area (Å²) >= 11 is 8.35. The number of nitrogens with one attached hydrogen (secondary N) is 1. The first kappa shape index (κ1) is 16.6. The first-order valence-electron chi connectivity index (χ1n) is 7.75. The van der Waals surface area contributed by atoms with E-state index in [1.165, 1.54) is 19.3 Å². The lowest BCUT2D eigenvalue weighted by Gasteiger charge is -2.30. The zero-order valence-corrected chi connectivity index (χ0v) is 15.6. The number of hydrogen-bond acceptors (Lipinski definition) is 2. The van der Waals surface area contributed by atoms with Gasteiger partial charge in [-0.05, 0) is 72.2 Å². The molecular formula is C18H18ClIN2O. The van der Waals surface area contributed by atoms with Gasteiger partial charge in [-0.15, -0.1) is 0 Å². The molecule has 2 aromatic rings. The molecule has 1 aliphatic rings. The van der Waals surface area contributed by atoms with Crippen molar-refractivity contribution in [2.75, 3.05) is 23.3 Å². The summed E-state index contributed by atoms with van der Waals surface area (Å²) < 4.78 is 0.987. The van der Waals surface area contributed by atoms with Crippen molar-refractivity contribution in [2.45, 2.75) is 19.3 Å². The quantitative estimate of drug-likeness (QED) is 0.667. The molecule has 1 N–H and O–H groups in total. The average Bonchev–Trinajstić information content (AvgIpc) is 2.58. The molecule has 120 valence electrons. The van der Waals surface area contributed by atoms with Gasteiger partial charge in [0.25, 0.3) is 5.91 Å². The Morgan fingerprint density at radius 3 is 2.61 bits per heavy atom. The third-order valence-electron chi connectivity index (χ3n) is 4.02. The standard InChI is InChI=1S/C18H18ClIN2O/c19-15-9-8-13(20)12-14(15)18(23)21-16-6-2-3-7-17(16)22-10-4-1-5-11-22/h2-3,6-9,12H,1,4-5,10-11H2,(H,21,23). The smallest absolute Gasteiger partial charge is 0.257 e. The summed E-state index contributed by atoms with van der Waals surface area (Å²) in [7, 11) is 0. The van der Waals surface area contributed by atoms with Gasteiger partial charge in [0.2, 0.25) is 0 Å². The predicted molar refractivity (Wildman–Crippen MR) is 105 cm³/mol. The van der Waals surface area contributed by atoms with Crippen LogP contribution in [0.5, 0.6) is 0 Å². The number of benzene rings is 2. The third kappa shape index (κ3) is 3.98. The number of rotatable bonds is 3. The van der Waals surface area contributed by atoms with Crippen LogP contribution in [-0.2, 0) is 0 Å². The molecule has 5 heteroatoms. The van der Waals surface area contributed by atoms with Crippen LogP contribution in [0.4, 0.5) is 11.4 Å². The minimum Gasteiger partial charge on any atom is -0.370 e. The number of piperidine rings is 1. The maximum Gasteiger partial charge on any atom is 0.257 e. The van der Waals surface area contributed by atoms with Gasteiger partial charge < -0.3 is 10.2 Å². The van der Waals surface area contributed by atoms with E-state index in [4.69, 9.17) is 11.6 Å². The van der Waals surface area contributed by atoms with Crippen LogP contribution in [-0.4, -0.2) is 19.0 Å². The Bertz CT molecular complexity index is 714. The van der Waals surface area contributed by atoms with Crippen LogP contribution in [0.2, 0.25) is 5.02 Å². The summed E-state index contributed by atoms with van der Waals surface area (Å²) in [5.41, 5.74) is 2.43. The molecule has 0 spiro atoms. The zero-order valence-electron chi connectivity index (χ0n) is 12.7. The molecule has 1 fully saturated rings. The molecular weight excluding hydrogens is 423 g/mol. The van der Waals surface area contributed by atoms with Crippen LogP contribution < -0.4 is 10.2 Å². The molecule has 0 bridgehead atoms. The summed E-state index contributed by atoms with van der Waals surface area (Å²) in [6.45, 7) is 2.08. The minimum absolute atomic E-state index is 0.169. The van der Waals surface area contributed by atoms with Gasteiger partial charge in [-0.25, -0.2) is 0 Å². The fourth-order valence-corrected chi connectivity index (χ4v) is 3.55. The van der Waals surface area contributed by atoms with Gasteiger partial charge in [0.05, 0.1) is 22.0 Å². The van der Waals surface area contributed by atoms with Crippen molar-refractivity contribution >= 4 is 51.5 Å². The predicted octanol–water partition coefficient (Wildman–Crippen LogP) is 5.19. The summed E-state index contributed by atoms with van der Waals surface area (Å²) in [5, 5.41) is 3.49. The second kappa shape index (κ2) is 7.53. The Kier molecular flexibility index (Phi) is 5.43. The van der Waals surface area contributed by atoms with Crippen LogP contribution >= 0.6 is 34.2 Å². The molecule has 2 aromatic carbocycles. The average molecular weight is 441 g/mol. The molecule has 0 unspecified atom stereocenters. The van der Waals surface area contributed by atoms with E-state index >= 15 is 0 Å². The molecule has 3 nitrogen and oxygen atoms in total. The number of carbonyl (C=O) groups is 1. The van der Waals surface area contributed by atoms with Crippen molar-refractivity contribution < 1.29 is 4.79 Å². The minimum atomic E-state index is -0.169. The molecule has 23 heavy (non-hydrogen) atoms.